The number of fused-ring (bicyclic) bond motifs is 1. The predicted molar refractivity (Wildman–Crippen MR) is 117 cm³/mol. The summed E-state index contributed by atoms with van der Waals surface area (Å²) in [6.45, 7) is 0. The highest BCUT2D eigenvalue weighted by molar-refractivity contribution is 6.01. The van der Waals surface area contributed by atoms with Gasteiger partial charge in [0.15, 0.2) is 11.5 Å². The number of benzene rings is 1. The van der Waals surface area contributed by atoms with E-state index in [9.17, 15) is 9.59 Å². The SMILES string of the molecule is COc1ccc(NC(=O)C2(NC(=O)Cc3c[nH]c4ncccc34)CCCC2)cc1OC. The molecule has 0 unspecified atom stereocenters. The number of H-pyrrole nitrogens is 1. The van der Waals surface area contributed by atoms with Crippen LogP contribution in [0.4, 0.5) is 5.69 Å². The third kappa shape index (κ3) is 4.19. The average Bonchev–Trinajstić information content (AvgIpc) is 3.42. The second kappa shape index (κ2) is 8.67. The Hall–Kier alpha value is -3.55. The third-order valence-electron chi connectivity index (χ3n) is 5.80. The molecular formula is C23H26N4O4. The molecule has 0 spiro atoms. The van der Waals surface area contributed by atoms with Gasteiger partial charge in [-0.3, -0.25) is 9.59 Å². The quantitative estimate of drug-likeness (QED) is 0.542. The maximum atomic E-state index is 13.2. The van der Waals surface area contributed by atoms with Gasteiger partial charge >= 0.3 is 0 Å². The van der Waals surface area contributed by atoms with Crippen LogP contribution in [0.2, 0.25) is 0 Å². The Morgan fingerprint density at radius 3 is 2.65 bits per heavy atom. The molecule has 1 aliphatic carbocycles. The van der Waals surface area contributed by atoms with Gasteiger partial charge in [0.25, 0.3) is 0 Å². The molecule has 0 radical (unpaired) electrons. The number of methoxy groups -OCH3 is 2. The number of pyridine rings is 1. The van der Waals surface area contributed by atoms with E-state index in [1.807, 2.05) is 12.1 Å². The normalized spacial score (nSPS) is 14.9. The van der Waals surface area contributed by atoms with Gasteiger partial charge in [-0.05, 0) is 42.7 Å². The van der Waals surface area contributed by atoms with Crippen molar-refractivity contribution in [3.8, 4) is 11.5 Å². The van der Waals surface area contributed by atoms with Crippen molar-refractivity contribution in [3.05, 3.63) is 48.3 Å². The summed E-state index contributed by atoms with van der Waals surface area (Å²) in [5.74, 6) is 0.704. The van der Waals surface area contributed by atoms with Gasteiger partial charge in [0.05, 0.1) is 20.6 Å². The Bertz CT molecular complexity index is 1100. The average molecular weight is 422 g/mol. The lowest BCUT2D eigenvalue weighted by molar-refractivity contribution is -0.130. The van der Waals surface area contributed by atoms with E-state index in [0.29, 0.717) is 30.0 Å². The predicted octanol–water partition coefficient (Wildman–Crippen LogP) is 3.19. The summed E-state index contributed by atoms with van der Waals surface area (Å²) in [6, 6.07) is 8.96. The molecule has 1 aromatic carbocycles. The third-order valence-corrected chi connectivity index (χ3v) is 5.80. The molecule has 4 rings (SSSR count). The largest absolute Gasteiger partial charge is 0.493 e. The van der Waals surface area contributed by atoms with Crippen LogP contribution >= 0.6 is 0 Å². The Labute approximate surface area is 180 Å². The number of nitrogens with one attached hydrogen (secondary N) is 3. The molecule has 3 aromatic rings. The van der Waals surface area contributed by atoms with Crippen LogP contribution < -0.4 is 20.1 Å². The molecule has 0 saturated heterocycles. The van der Waals surface area contributed by atoms with Crippen LogP contribution in [0.5, 0.6) is 11.5 Å². The summed E-state index contributed by atoms with van der Waals surface area (Å²) in [5, 5.41) is 6.87. The number of amides is 2. The molecule has 1 fully saturated rings. The van der Waals surface area contributed by atoms with Gasteiger partial charge < -0.3 is 25.1 Å². The van der Waals surface area contributed by atoms with E-state index in [1.54, 1.807) is 44.8 Å². The van der Waals surface area contributed by atoms with E-state index in [0.717, 1.165) is 29.4 Å². The molecule has 1 aliphatic rings. The van der Waals surface area contributed by atoms with Crippen molar-refractivity contribution in [2.75, 3.05) is 19.5 Å². The fourth-order valence-electron chi connectivity index (χ4n) is 4.20. The van der Waals surface area contributed by atoms with E-state index < -0.39 is 5.54 Å². The second-order valence-corrected chi connectivity index (χ2v) is 7.75. The molecule has 2 amide bonds. The summed E-state index contributed by atoms with van der Waals surface area (Å²) in [4.78, 5) is 33.5. The highest BCUT2D eigenvalue weighted by atomic mass is 16.5. The molecule has 31 heavy (non-hydrogen) atoms. The topological polar surface area (TPSA) is 105 Å². The molecule has 3 N–H and O–H groups in total. The minimum absolute atomic E-state index is 0.178. The Morgan fingerprint density at radius 1 is 1.13 bits per heavy atom. The van der Waals surface area contributed by atoms with Crippen molar-refractivity contribution in [1.82, 2.24) is 15.3 Å². The number of aromatic nitrogens is 2. The van der Waals surface area contributed by atoms with Crippen molar-refractivity contribution >= 4 is 28.5 Å². The van der Waals surface area contributed by atoms with Crippen molar-refractivity contribution in [1.29, 1.82) is 0 Å². The van der Waals surface area contributed by atoms with Gasteiger partial charge in [0.1, 0.15) is 11.2 Å². The van der Waals surface area contributed by atoms with Crippen LogP contribution in [-0.4, -0.2) is 41.5 Å². The Morgan fingerprint density at radius 2 is 1.90 bits per heavy atom. The maximum absolute atomic E-state index is 13.2. The summed E-state index contributed by atoms with van der Waals surface area (Å²) in [6.07, 6.45) is 6.65. The Kier molecular flexibility index (Phi) is 5.79. The number of hydrogen-bond acceptors (Lipinski definition) is 5. The number of aromatic amines is 1. The molecule has 0 atom stereocenters. The number of hydrogen-bond donors (Lipinski definition) is 3. The number of carbonyl (C=O) groups is 2. The van der Waals surface area contributed by atoms with Gasteiger partial charge in [-0.15, -0.1) is 0 Å². The molecule has 8 nitrogen and oxygen atoms in total. The van der Waals surface area contributed by atoms with Crippen LogP contribution in [0.3, 0.4) is 0 Å². The lowest BCUT2D eigenvalue weighted by atomic mass is 9.95. The lowest BCUT2D eigenvalue weighted by Gasteiger charge is -2.29. The maximum Gasteiger partial charge on any atom is 0.250 e. The van der Waals surface area contributed by atoms with E-state index in [4.69, 9.17) is 9.47 Å². The van der Waals surface area contributed by atoms with E-state index in [1.165, 1.54) is 0 Å². The van der Waals surface area contributed by atoms with Crippen molar-refractivity contribution in [2.45, 2.75) is 37.6 Å². The number of nitrogens with zero attached hydrogens (tertiary/aromatic N) is 1. The van der Waals surface area contributed by atoms with Gasteiger partial charge in [0, 0.05) is 29.5 Å². The van der Waals surface area contributed by atoms with Crippen molar-refractivity contribution in [2.24, 2.45) is 0 Å². The zero-order valence-corrected chi connectivity index (χ0v) is 17.7. The first-order valence-electron chi connectivity index (χ1n) is 10.3. The van der Waals surface area contributed by atoms with Crippen LogP contribution in [0.15, 0.2) is 42.7 Å². The second-order valence-electron chi connectivity index (χ2n) is 7.75. The van der Waals surface area contributed by atoms with Crippen LogP contribution in [-0.2, 0) is 16.0 Å². The Balaban J connectivity index is 1.49. The zero-order chi connectivity index (χ0) is 21.8. The smallest absolute Gasteiger partial charge is 0.250 e. The summed E-state index contributed by atoms with van der Waals surface area (Å²) in [5.41, 5.74) is 1.27. The van der Waals surface area contributed by atoms with Gasteiger partial charge in [-0.2, -0.15) is 0 Å². The summed E-state index contributed by atoms with van der Waals surface area (Å²) in [7, 11) is 3.10. The summed E-state index contributed by atoms with van der Waals surface area (Å²) < 4.78 is 10.6. The molecule has 2 heterocycles. The standard InChI is InChI=1S/C23H26N4O4/c1-30-18-8-7-16(13-19(18)31-2)26-22(29)23(9-3-4-10-23)27-20(28)12-15-14-25-21-17(15)6-5-11-24-21/h5-8,11,13-14H,3-4,9-10,12H2,1-2H3,(H,24,25)(H,26,29)(H,27,28). The van der Waals surface area contributed by atoms with Crippen LogP contribution in [0.1, 0.15) is 31.2 Å². The minimum atomic E-state index is -0.922. The lowest BCUT2D eigenvalue weighted by Crippen LogP contribution is -2.55. The highest BCUT2D eigenvalue weighted by Gasteiger charge is 2.42. The van der Waals surface area contributed by atoms with Crippen molar-refractivity contribution in [3.63, 3.8) is 0 Å². The van der Waals surface area contributed by atoms with E-state index in [2.05, 4.69) is 20.6 Å². The van der Waals surface area contributed by atoms with Crippen molar-refractivity contribution < 1.29 is 19.1 Å². The molecule has 1 saturated carbocycles. The zero-order valence-electron chi connectivity index (χ0n) is 17.7. The fourth-order valence-corrected chi connectivity index (χ4v) is 4.20. The number of rotatable bonds is 7. The minimum Gasteiger partial charge on any atom is -0.493 e. The number of anilines is 1. The van der Waals surface area contributed by atoms with Gasteiger partial charge in [0.2, 0.25) is 11.8 Å². The molecule has 0 bridgehead atoms. The molecule has 8 heteroatoms. The van der Waals surface area contributed by atoms with Gasteiger partial charge in [-0.25, -0.2) is 4.98 Å². The van der Waals surface area contributed by atoms with E-state index >= 15 is 0 Å². The van der Waals surface area contributed by atoms with Gasteiger partial charge in [-0.1, -0.05) is 12.8 Å². The molecule has 0 aliphatic heterocycles. The first-order valence-corrected chi connectivity index (χ1v) is 10.3. The molecule has 2 aromatic heterocycles. The van der Waals surface area contributed by atoms with Crippen LogP contribution in [0.25, 0.3) is 11.0 Å². The molecule has 162 valence electrons. The monoisotopic (exact) mass is 422 g/mol. The summed E-state index contributed by atoms with van der Waals surface area (Å²) >= 11 is 0. The van der Waals surface area contributed by atoms with Crippen LogP contribution in [0, 0.1) is 0 Å². The molecular weight excluding hydrogens is 396 g/mol. The first-order chi connectivity index (χ1) is 15.0. The number of ether oxygens (including phenoxy) is 2. The van der Waals surface area contributed by atoms with E-state index in [-0.39, 0.29) is 18.2 Å². The fraction of sp³-hybridized carbons (Fsp3) is 0.348. The number of carbonyl (C=O) groups excluding carboxylic acids is 2. The highest BCUT2D eigenvalue weighted by Crippen LogP contribution is 2.33. The first kappa shape index (κ1) is 20.7.